The van der Waals surface area contributed by atoms with E-state index in [4.69, 9.17) is 14.2 Å². The molecule has 5 nitrogen and oxygen atoms in total. The van der Waals surface area contributed by atoms with Crippen LogP contribution in [0.1, 0.15) is 27.2 Å². The maximum absolute atomic E-state index is 11.7. The molecule has 116 valence electrons. The Kier molecular flexibility index (Phi) is 9.60. The van der Waals surface area contributed by atoms with Gasteiger partial charge in [0, 0.05) is 7.11 Å². The second-order valence-corrected chi connectivity index (χ2v) is 7.98. The van der Waals surface area contributed by atoms with Crippen LogP contribution in [0.25, 0.3) is 0 Å². The standard InChI is InChI=1S/C13H28O5S/c1-13(2,3)5-11-19(14,15)12-10-18-9-8-17-7-6-16-4/h5-12H2,1-4H3. The third-order valence-corrected chi connectivity index (χ3v) is 4.12. The average Bonchev–Trinajstić information content (AvgIpc) is 2.29. The van der Waals surface area contributed by atoms with Crippen molar-refractivity contribution in [2.45, 2.75) is 27.2 Å². The summed E-state index contributed by atoms with van der Waals surface area (Å²) in [5.74, 6) is 0.311. The molecule has 0 amide bonds. The molecule has 0 rings (SSSR count). The van der Waals surface area contributed by atoms with Crippen LogP contribution in [-0.4, -0.2) is 60.1 Å². The molecule has 0 atom stereocenters. The van der Waals surface area contributed by atoms with Crippen molar-refractivity contribution in [3.05, 3.63) is 0 Å². The van der Waals surface area contributed by atoms with Gasteiger partial charge < -0.3 is 14.2 Å². The van der Waals surface area contributed by atoms with Crippen LogP contribution in [0.3, 0.4) is 0 Å². The van der Waals surface area contributed by atoms with Crippen molar-refractivity contribution in [3.63, 3.8) is 0 Å². The van der Waals surface area contributed by atoms with Crippen molar-refractivity contribution in [1.82, 2.24) is 0 Å². The summed E-state index contributed by atoms with van der Waals surface area (Å²) in [6.45, 7) is 8.32. The van der Waals surface area contributed by atoms with Gasteiger partial charge in [0.15, 0.2) is 9.84 Å². The van der Waals surface area contributed by atoms with E-state index in [0.717, 1.165) is 0 Å². The normalized spacial score (nSPS) is 12.8. The molecule has 0 aliphatic rings. The first-order chi connectivity index (χ1) is 8.77. The molecule has 0 spiro atoms. The fourth-order valence-corrected chi connectivity index (χ4v) is 2.71. The summed E-state index contributed by atoms with van der Waals surface area (Å²) in [5, 5.41) is 0. The minimum Gasteiger partial charge on any atom is -0.382 e. The Morgan fingerprint density at radius 3 is 1.89 bits per heavy atom. The van der Waals surface area contributed by atoms with E-state index in [2.05, 4.69) is 0 Å². The lowest BCUT2D eigenvalue weighted by atomic mass is 9.94. The van der Waals surface area contributed by atoms with E-state index in [9.17, 15) is 8.42 Å². The van der Waals surface area contributed by atoms with Gasteiger partial charge in [0.1, 0.15) is 0 Å². The highest BCUT2D eigenvalue weighted by Gasteiger charge is 2.17. The Labute approximate surface area is 117 Å². The zero-order valence-electron chi connectivity index (χ0n) is 12.6. The van der Waals surface area contributed by atoms with Crippen molar-refractivity contribution >= 4 is 9.84 Å². The molecule has 0 heterocycles. The van der Waals surface area contributed by atoms with Crippen molar-refractivity contribution < 1.29 is 22.6 Å². The summed E-state index contributed by atoms with van der Waals surface area (Å²) in [7, 11) is -1.39. The number of rotatable bonds is 11. The Balaban J connectivity index is 3.54. The monoisotopic (exact) mass is 296 g/mol. The van der Waals surface area contributed by atoms with E-state index < -0.39 is 9.84 Å². The summed E-state index contributed by atoms with van der Waals surface area (Å²) in [6, 6.07) is 0. The minimum atomic E-state index is -3.00. The van der Waals surface area contributed by atoms with Crippen molar-refractivity contribution in [2.75, 3.05) is 51.6 Å². The van der Waals surface area contributed by atoms with Gasteiger partial charge in [0.2, 0.25) is 0 Å². The number of hydrogen-bond acceptors (Lipinski definition) is 5. The van der Waals surface area contributed by atoms with Crippen LogP contribution in [0.5, 0.6) is 0 Å². The first-order valence-corrected chi connectivity index (χ1v) is 8.44. The largest absolute Gasteiger partial charge is 0.382 e. The lowest BCUT2D eigenvalue weighted by molar-refractivity contribution is 0.0284. The van der Waals surface area contributed by atoms with Crippen LogP contribution in [0.15, 0.2) is 0 Å². The van der Waals surface area contributed by atoms with Gasteiger partial charge >= 0.3 is 0 Å². The zero-order valence-corrected chi connectivity index (χ0v) is 13.4. The van der Waals surface area contributed by atoms with Crippen molar-refractivity contribution in [1.29, 1.82) is 0 Å². The van der Waals surface area contributed by atoms with E-state index in [0.29, 0.717) is 32.8 Å². The van der Waals surface area contributed by atoms with E-state index in [1.165, 1.54) is 0 Å². The van der Waals surface area contributed by atoms with Gasteiger partial charge in [0.25, 0.3) is 0 Å². The van der Waals surface area contributed by atoms with Gasteiger partial charge in [-0.25, -0.2) is 8.42 Å². The van der Waals surface area contributed by atoms with Gasteiger partial charge in [0.05, 0.1) is 44.5 Å². The second kappa shape index (κ2) is 9.69. The molecule has 0 aromatic heterocycles. The predicted octanol–water partition coefficient (Wildman–Crippen LogP) is 1.52. The molecule has 0 bridgehead atoms. The molecule has 0 saturated heterocycles. The highest BCUT2D eigenvalue weighted by atomic mass is 32.2. The Hall–Kier alpha value is -0.170. The Bertz CT molecular complexity index is 305. The molecule has 6 heteroatoms. The Morgan fingerprint density at radius 1 is 0.842 bits per heavy atom. The lowest BCUT2D eigenvalue weighted by Gasteiger charge is -2.17. The molecule has 0 radical (unpaired) electrons. The first kappa shape index (κ1) is 18.8. The molecule has 0 N–H and O–H groups in total. The number of ether oxygens (including phenoxy) is 3. The Morgan fingerprint density at radius 2 is 1.37 bits per heavy atom. The van der Waals surface area contributed by atoms with Crippen LogP contribution in [-0.2, 0) is 24.0 Å². The van der Waals surface area contributed by atoms with Crippen molar-refractivity contribution in [2.24, 2.45) is 5.41 Å². The summed E-state index contributed by atoms with van der Waals surface area (Å²) in [6.07, 6.45) is 0.676. The third kappa shape index (κ3) is 14.1. The quantitative estimate of drug-likeness (QED) is 0.541. The van der Waals surface area contributed by atoms with Crippen LogP contribution >= 0.6 is 0 Å². The molecular weight excluding hydrogens is 268 g/mol. The van der Waals surface area contributed by atoms with E-state index in [-0.39, 0.29) is 23.5 Å². The van der Waals surface area contributed by atoms with Gasteiger partial charge in [-0.05, 0) is 11.8 Å². The van der Waals surface area contributed by atoms with Crippen LogP contribution in [0.2, 0.25) is 0 Å². The summed E-state index contributed by atoms with van der Waals surface area (Å²) < 4.78 is 38.7. The molecule has 0 aliphatic heterocycles. The maximum atomic E-state index is 11.7. The zero-order chi connectivity index (χ0) is 14.8. The van der Waals surface area contributed by atoms with Gasteiger partial charge in [-0.15, -0.1) is 0 Å². The third-order valence-electron chi connectivity index (χ3n) is 2.51. The number of sulfone groups is 1. The molecule has 0 aromatic carbocycles. The fraction of sp³-hybridized carbons (Fsp3) is 1.00. The van der Waals surface area contributed by atoms with Gasteiger partial charge in [-0.1, -0.05) is 20.8 Å². The molecule has 0 unspecified atom stereocenters. The number of hydrogen-bond donors (Lipinski definition) is 0. The van der Waals surface area contributed by atoms with Crippen LogP contribution < -0.4 is 0 Å². The molecule has 0 saturated carbocycles. The summed E-state index contributed by atoms with van der Waals surface area (Å²) in [4.78, 5) is 0. The van der Waals surface area contributed by atoms with E-state index in [1.54, 1.807) is 7.11 Å². The van der Waals surface area contributed by atoms with Crippen molar-refractivity contribution in [3.8, 4) is 0 Å². The first-order valence-electron chi connectivity index (χ1n) is 6.62. The molecule has 0 aliphatic carbocycles. The molecular formula is C13H28O5S. The SMILES string of the molecule is COCCOCCOCCS(=O)(=O)CCC(C)(C)C. The summed E-state index contributed by atoms with van der Waals surface area (Å²) in [5.41, 5.74) is 0.0448. The van der Waals surface area contributed by atoms with Gasteiger partial charge in [-0.2, -0.15) is 0 Å². The smallest absolute Gasteiger partial charge is 0.152 e. The fourth-order valence-electron chi connectivity index (χ4n) is 1.21. The van der Waals surface area contributed by atoms with Crippen LogP contribution in [0, 0.1) is 5.41 Å². The van der Waals surface area contributed by atoms with Crippen LogP contribution in [0.4, 0.5) is 0 Å². The average molecular weight is 296 g/mol. The maximum Gasteiger partial charge on any atom is 0.152 e. The minimum absolute atomic E-state index is 0.0448. The highest BCUT2D eigenvalue weighted by molar-refractivity contribution is 7.91. The highest BCUT2D eigenvalue weighted by Crippen LogP contribution is 2.19. The molecule has 19 heavy (non-hydrogen) atoms. The summed E-state index contributed by atoms with van der Waals surface area (Å²) >= 11 is 0. The van der Waals surface area contributed by atoms with E-state index >= 15 is 0 Å². The van der Waals surface area contributed by atoms with Gasteiger partial charge in [-0.3, -0.25) is 0 Å². The topological polar surface area (TPSA) is 61.8 Å². The predicted molar refractivity (Wildman–Crippen MR) is 76.2 cm³/mol. The lowest BCUT2D eigenvalue weighted by Crippen LogP contribution is -2.20. The second-order valence-electron chi connectivity index (χ2n) is 5.68. The molecule has 0 aromatic rings. The number of methoxy groups -OCH3 is 1. The van der Waals surface area contributed by atoms with E-state index in [1.807, 2.05) is 20.8 Å². The molecule has 0 fully saturated rings.